The van der Waals surface area contributed by atoms with Crippen molar-refractivity contribution in [3.63, 3.8) is 0 Å². The highest BCUT2D eigenvalue weighted by Crippen LogP contribution is 2.08. The van der Waals surface area contributed by atoms with Crippen LogP contribution in [0.1, 0.15) is 10.5 Å². The van der Waals surface area contributed by atoms with E-state index in [1.54, 1.807) is 18.2 Å². The number of alkyl halides is 1. The summed E-state index contributed by atoms with van der Waals surface area (Å²) in [5, 5.41) is 0. The predicted molar refractivity (Wildman–Crippen MR) is 70.8 cm³/mol. The van der Waals surface area contributed by atoms with Crippen LogP contribution in [0.25, 0.3) is 0 Å². The van der Waals surface area contributed by atoms with E-state index in [0.29, 0.717) is 25.7 Å². The second-order valence-electron chi connectivity index (χ2n) is 3.00. The van der Waals surface area contributed by atoms with Gasteiger partial charge in [0.15, 0.2) is 5.69 Å². The minimum atomic E-state index is -0.475. The van der Waals surface area contributed by atoms with Gasteiger partial charge in [0, 0.05) is 10.5 Å². The summed E-state index contributed by atoms with van der Waals surface area (Å²) < 4.78 is 16.1. The zero-order chi connectivity index (χ0) is 12.5. The number of aromatic nitrogens is 1. The number of halogens is 1. The van der Waals surface area contributed by atoms with Gasteiger partial charge in [-0.2, -0.15) is 0 Å². The molecule has 1 heterocycles. The quantitative estimate of drug-likeness (QED) is 0.324. The molecule has 6 heteroatoms. The van der Waals surface area contributed by atoms with Crippen LogP contribution in [0, 0.1) is 0 Å². The fraction of sp³-hybridized carbons (Fsp3) is 0.455. The summed E-state index contributed by atoms with van der Waals surface area (Å²) in [6, 6.07) is 4.95. The van der Waals surface area contributed by atoms with E-state index in [4.69, 9.17) is 9.47 Å². The number of rotatable bonds is 7. The number of hydrogen-bond donors (Lipinski definition) is 0. The Balaban J connectivity index is 2.40. The molecule has 0 N–H and O–H groups in total. The first-order valence-electron chi connectivity index (χ1n) is 5.10. The van der Waals surface area contributed by atoms with Gasteiger partial charge in [0.1, 0.15) is 6.61 Å². The molecule has 0 amide bonds. The molecule has 17 heavy (non-hydrogen) atoms. The van der Waals surface area contributed by atoms with Crippen molar-refractivity contribution < 1.29 is 19.0 Å². The Bertz CT molecular complexity index is 359. The second-order valence-corrected chi connectivity index (χ2v) is 4.08. The summed E-state index contributed by atoms with van der Waals surface area (Å²) in [6.45, 7) is 1.63. The first-order valence-corrected chi connectivity index (χ1v) is 6.62. The molecule has 0 radical (unpaired) electrons. The second kappa shape index (κ2) is 8.24. The molecule has 0 saturated heterocycles. The molecule has 1 rings (SSSR count). The molecule has 0 aromatic carbocycles. The zero-order valence-corrected chi connectivity index (χ0v) is 11.7. The molecule has 0 bridgehead atoms. The van der Waals surface area contributed by atoms with Gasteiger partial charge < -0.3 is 14.2 Å². The fourth-order valence-corrected chi connectivity index (χ4v) is 1.39. The highest BCUT2D eigenvalue weighted by molar-refractivity contribution is 14.1. The molecule has 1 aromatic rings. The van der Waals surface area contributed by atoms with Crippen LogP contribution in [0.3, 0.4) is 0 Å². The number of esters is 1. The van der Waals surface area contributed by atoms with Crippen LogP contribution >= 0.6 is 22.6 Å². The van der Waals surface area contributed by atoms with Crippen molar-refractivity contribution in [3.8, 4) is 5.88 Å². The lowest BCUT2D eigenvalue weighted by atomic mass is 10.3. The summed E-state index contributed by atoms with van der Waals surface area (Å²) in [7, 11) is 1.31. The van der Waals surface area contributed by atoms with Crippen molar-refractivity contribution in [2.75, 3.05) is 31.4 Å². The van der Waals surface area contributed by atoms with Crippen LogP contribution < -0.4 is 4.74 Å². The van der Waals surface area contributed by atoms with Crippen molar-refractivity contribution in [1.29, 1.82) is 0 Å². The molecule has 94 valence electrons. The van der Waals surface area contributed by atoms with E-state index >= 15 is 0 Å². The summed E-state index contributed by atoms with van der Waals surface area (Å²) in [4.78, 5) is 15.2. The SMILES string of the molecule is COC(=O)c1cccc(OCCOCCI)n1. The molecular weight excluding hydrogens is 337 g/mol. The van der Waals surface area contributed by atoms with Crippen LogP contribution in [-0.2, 0) is 9.47 Å². The Morgan fingerprint density at radius 2 is 2.18 bits per heavy atom. The Labute approximate surface area is 114 Å². The van der Waals surface area contributed by atoms with E-state index in [9.17, 15) is 4.79 Å². The molecule has 0 fully saturated rings. The summed E-state index contributed by atoms with van der Waals surface area (Å²) in [5.41, 5.74) is 0.234. The molecule has 1 aromatic heterocycles. The van der Waals surface area contributed by atoms with Gasteiger partial charge in [-0.1, -0.05) is 28.7 Å². The average Bonchev–Trinajstić information content (AvgIpc) is 2.38. The lowest BCUT2D eigenvalue weighted by Gasteiger charge is -2.06. The third kappa shape index (κ3) is 5.31. The summed E-state index contributed by atoms with van der Waals surface area (Å²) in [6.07, 6.45) is 0. The number of ether oxygens (including phenoxy) is 3. The Morgan fingerprint density at radius 1 is 1.35 bits per heavy atom. The standard InChI is InChI=1S/C11H14INO4/c1-15-11(14)9-3-2-4-10(13-9)17-8-7-16-6-5-12/h2-4H,5-8H2,1H3. The number of hydrogen-bond acceptors (Lipinski definition) is 5. The minimum Gasteiger partial charge on any atom is -0.475 e. The van der Waals surface area contributed by atoms with Crippen molar-refractivity contribution in [2.24, 2.45) is 0 Å². The zero-order valence-electron chi connectivity index (χ0n) is 9.52. The highest BCUT2D eigenvalue weighted by atomic mass is 127. The van der Waals surface area contributed by atoms with E-state index in [0.717, 1.165) is 4.43 Å². The van der Waals surface area contributed by atoms with Crippen LogP contribution in [0.2, 0.25) is 0 Å². The molecule has 0 unspecified atom stereocenters. The maximum absolute atomic E-state index is 11.2. The number of carbonyl (C=O) groups is 1. The largest absolute Gasteiger partial charge is 0.475 e. The smallest absolute Gasteiger partial charge is 0.356 e. The number of nitrogens with zero attached hydrogens (tertiary/aromatic N) is 1. The van der Waals surface area contributed by atoms with Crippen LogP contribution in [-0.4, -0.2) is 42.3 Å². The van der Waals surface area contributed by atoms with E-state index < -0.39 is 5.97 Å². The monoisotopic (exact) mass is 351 g/mol. The molecule has 0 aliphatic rings. The van der Waals surface area contributed by atoms with Gasteiger partial charge in [0.05, 0.1) is 20.3 Å². The van der Waals surface area contributed by atoms with Crippen molar-refractivity contribution >= 4 is 28.6 Å². The van der Waals surface area contributed by atoms with Gasteiger partial charge in [0.2, 0.25) is 5.88 Å². The van der Waals surface area contributed by atoms with Crippen molar-refractivity contribution in [3.05, 3.63) is 23.9 Å². The summed E-state index contributed by atoms with van der Waals surface area (Å²) >= 11 is 2.24. The third-order valence-corrected chi connectivity index (χ3v) is 2.26. The van der Waals surface area contributed by atoms with Crippen LogP contribution in [0.15, 0.2) is 18.2 Å². The van der Waals surface area contributed by atoms with Gasteiger partial charge in [0.25, 0.3) is 0 Å². The topological polar surface area (TPSA) is 57.7 Å². The van der Waals surface area contributed by atoms with Crippen molar-refractivity contribution in [2.45, 2.75) is 0 Å². The fourth-order valence-electron chi connectivity index (χ4n) is 1.08. The normalized spacial score (nSPS) is 10.0. The van der Waals surface area contributed by atoms with Gasteiger partial charge >= 0.3 is 5.97 Å². The third-order valence-electron chi connectivity index (χ3n) is 1.82. The lowest BCUT2D eigenvalue weighted by molar-refractivity contribution is 0.0592. The van der Waals surface area contributed by atoms with Crippen molar-refractivity contribution in [1.82, 2.24) is 4.98 Å². The minimum absolute atomic E-state index is 0.234. The molecule has 0 aliphatic heterocycles. The van der Waals surface area contributed by atoms with Crippen LogP contribution in [0.5, 0.6) is 5.88 Å². The maximum atomic E-state index is 11.2. The van der Waals surface area contributed by atoms with Crippen LogP contribution in [0.4, 0.5) is 0 Å². The molecule has 0 saturated carbocycles. The van der Waals surface area contributed by atoms with E-state index in [1.165, 1.54) is 7.11 Å². The summed E-state index contributed by atoms with van der Waals surface area (Å²) in [5.74, 6) is -0.0809. The molecule has 0 atom stereocenters. The first kappa shape index (κ1) is 14.2. The Kier molecular flexibility index (Phi) is 6.87. The van der Waals surface area contributed by atoms with E-state index in [1.807, 2.05) is 0 Å². The average molecular weight is 351 g/mol. The molecule has 5 nitrogen and oxygen atoms in total. The highest BCUT2D eigenvalue weighted by Gasteiger charge is 2.07. The van der Waals surface area contributed by atoms with Gasteiger partial charge in [-0.25, -0.2) is 9.78 Å². The maximum Gasteiger partial charge on any atom is 0.356 e. The molecule has 0 spiro atoms. The van der Waals surface area contributed by atoms with Gasteiger partial charge in [-0.3, -0.25) is 0 Å². The van der Waals surface area contributed by atoms with Gasteiger partial charge in [-0.05, 0) is 6.07 Å². The first-order chi connectivity index (χ1) is 8.27. The predicted octanol–water partition coefficient (Wildman–Crippen LogP) is 1.70. The number of pyridine rings is 1. The lowest BCUT2D eigenvalue weighted by Crippen LogP contribution is -2.10. The Morgan fingerprint density at radius 3 is 2.88 bits per heavy atom. The van der Waals surface area contributed by atoms with E-state index in [2.05, 4.69) is 32.3 Å². The Hall–Kier alpha value is -0.890. The molecule has 0 aliphatic carbocycles. The number of methoxy groups -OCH3 is 1. The van der Waals surface area contributed by atoms with Gasteiger partial charge in [-0.15, -0.1) is 0 Å². The molecular formula is C11H14INO4. The number of carbonyl (C=O) groups excluding carboxylic acids is 1. The van der Waals surface area contributed by atoms with E-state index in [-0.39, 0.29) is 5.69 Å².